The molecule has 2 aliphatic rings. The van der Waals surface area contributed by atoms with Crippen LogP contribution in [0.1, 0.15) is 45.5 Å². The summed E-state index contributed by atoms with van der Waals surface area (Å²) in [5.74, 6) is -0.129. The molecule has 1 aliphatic carbocycles. The molecule has 0 fully saturated rings. The van der Waals surface area contributed by atoms with E-state index in [1.807, 2.05) is 18.2 Å². The highest BCUT2D eigenvalue weighted by molar-refractivity contribution is 6.07. The lowest BCUT2D eigenvalue weighted by atomic mass is 9.97. The minimum atomic E-state index is -4.36. The number of fused-ring (bicyclic) bond motifs is 2. The van der Waals surface area contributed by atoms with Crippen molar-refractivity contribution in [2.24, 2.45) is 0 Å². The maximum atomic E-state index is 12.9. The number of anilines is 1. The van der Waals surface area contributed by atoms with Gasteiger partial charge in [0.2, 0.25) is 0 Å². The lowest BCUT2D eigenvalue weighted by Gasteiger charge is -2.30. The minimum Gasteiger partial charge on any atom is -0.308 e. The zero-order valence-corrected chi connectivity index (χ0v) is 13.7. The van der Waals surface area contributed by atoms with Gasteiger partial charge in [-0.3, -0.25) is 4.79 Å². The second-order valence-electron chi connectivity index (χ2n) is 6.74. The minimum absolute atomic E-state index is 0.129. The number of amides is 1. The summed E-state index contributed by atoms with van der Waals surface area (Å²) >= 11 is 0. The smallest absolute Gasteiger partial charge is 0.308 e. The molecule has 0 spiro atoms. The molecule has 130 valence electrons. The summed E-state index contributed by atoms with van der Waals surface area (Å²) in [6.07, 6.45) is 0.0256. The molecule has 2 nitrogen and oxygen atoms in total. The van der Waals surface area contributed by atoms with Crippen molar-refractivity contribution in [2.75, 3.05) is 11.4 Å². The van der Waals surface area contributed by atoms with Gasteiger partial charge in [-0.1, -0.05) is 6.07 Å². The Hall–Kier alpha value is -2.30. The molecule has 0 bridgehead atoms. The first-order valence-electron chi connectivity index (χ1n) is 8.57. The Morgan fingerprint density at radius 1 is 0.880 bits per heavy atom. The molecule has 1 amide bonds. The number of halogens is 3. The van der Waals surface area contributed by atoms with Crippen molar-refractivity contribution in [3.63, 3.8) is 0 Å². The number of alkyl halides is 3. The number of nitrogens with zero attached hydrogens (tertiary/aromatic N) is 1. The molecule has 0 saturated carbocycles. The van der Waals surface area contributed by atoms with E-state index in [4.69, 9.17) is 0 Å². The lowest BCUT2D eigenvalue weighted by molar-refractivity contribution is -0.137. The Labute approximate surface area is 144 Å². The van der Waals surface area contributed by atoms with Crippen molar-refractivity contribution in [1.29, 1.82) is 0 Å². The highest BCUT2D eigenvalue weighted by Gasteiger charge is 2.33. The average molecular weight is 345 g/mol. The summed E-state index contributed by atoms with van der Waals surface area (Å²) in [7, 11) is 0. The second kappa shape index (κ2) is 5.90. The quantitative estimate of drug-likeness (QED) is 0.728. The molecule has 4 rings (SSSR count). The summed E-state index contributed by atoms with van der Waals surface area (Å²) in [6.45, 7) is 0.536. The van der Waals surface area contributed by atoms with Gasteiger partial charge in [-0.25, -0.2) is 0 Å². The number of hydrogen-bond acceptors (Lipinski definition) is 1. The van der Waals surface area contributed by atoms with Gasteiger partial charge in [0.05, 0.1) is 5.56 Å². The van der Waals surface area contributed by atoms with E-state index in [0.717, 1.165) is 25.3 Å². The van der Waals surface area contributed by atoms with Crippen LogP contribution in [0, 0.1) is 0 Å². The molecule has 0 aromatic heterocycles. The highest BCUT2D eigenvalue weighted by atomic mass is 19.4. The molecule has 5 heteroatoms. The Morgan fingerprint density at radius 2 is 1.64 bits per heavy atom. The van der Waals surface area contributed by atoms with E-state index in [2.05, 4.69) is 0 Å². The Morgan fingerprint density at radius 3 is 2.44 bits per heavy atom. The summed E-state index contributed by atoms with van der Waals surface area (Å²) in [6, 6.07) is 9.47. The van der Waals surface area contributed by atoms with Crippen LogP contribution >= 0.6 is 0 Å². The third-order valence-corrected chi connectivity index (χ3v) is 5.12. The molecule has 0 saturated heterocycles. The molecule has 0 radical (unpaired) electrons. The SMILES string of the molecule is O=C(c1ccc2c(c1)CCC2)N1CCCc2cc(C(F)(F)F)ccc21. The maximum absolute atomic E-state index is 12.9. The van der Waals surface area contributed by atoms with Crippen molar-refractivity contribution in [3.8, 4) is 0 Å². The zero-order chi connectivity index (χ0) is 17.6. The highest BCUT2D eigenvalue weighted by Crippen LogP contribution is 2.36. The largest absolute Gasteiger partial charge is 0.416 e. The van der Waals surface area contributed by atoms with Gasteiger partial charge in [-0.15, -0.1) is 0 Å². The Bertz CT molecular complexity index is 841. The first-order valence-corrected chi connectivity index (χ1v) is 8.57. The zero-order valence-electron chi connectivity index (χ0n) is 13.7. The molecule has 0 atom stereocenters. The van der Waals surface area contributed by atoms with Crippen LogP contribution in [0.5, 0.6) is 0 Å². The summed E-state index contributed by atoms with van der Waals surface area (Å²) in [5, 5.41) is 0. The first kappa shape index (κ1) is 16.2. The monoisotopic (exact) mass is 345 g/mol. The van der Waals surface area contributed by atoms with Gasteiger partial charge in [-0.05, 0) is 79.1 Å². The molecular weight excluding hydrogens is 327 g/mol. The summed E-state index contributed by atoms with van der Waals surface area (Å²) < 4.78 is 38.8. The fourth-order valence-corrected chi connectivity index (χ4v) is 3.85. The molecule has 2 aromatic carbocycles. The van der Waals surface area contributed by atoms with Crippen molar-refractivity contribution in [1.82, 2.24) is 0 Å². The van der Waals surface area contributed by atoms with Crippen LogP contribution in [0.4, 0.5) is 18.9 Å². The molecule has 0 unspecified atom stereocenters. The van der Waals surface area contributed by atoms with Gasteiger partial charge in [0.15, 0.2) is 0 Å². The van der Waals surface area contributed by atoms with Crippen LogP contribution in [-0.2, 0) is 25.4 Å². The van der Waals surface area contributed by atoms with Gasteiger partial charge in [0, 0.05) is 17.8 Å². The summed E-state index contributed by atoms with van der Waals surface area (Å²) in [5.41, 5.74) is 3.67. The van der Waals surface area contributed by atoms with E-state index in [1.165, 1.54) is 23.3 Å². The van der Waals surface area contributed by atoms with E-state index in [0.29, 0.717) is 36.2 Å². The average Bonchev–Trinajstić information content (AvgIpc) is 3.07. The third kappa shape index (κ3) is 2.92. The standard InChI is InChI=1S/C20H18F3NO/c21-20(22,23)17-8-9-18-15(12-17)5-2-10-24(18)19(25)16-7-6-13-3-1-4-14(13)11-16/h6-9,11-12H,1-5,10H2. The van der Waals surface area contributed by atoms with E-state index in [9.17, 15) is 18.0 Å². The predicted octanol–water partition coefficient (Wildman–Crippen LogP) is 4.79. The summed E-state index contributed by atoms with van der Waals surface area (Å²) in [4.78, 5) is 14.6. The molecule has 1 heterocycles. The van der Waals surface area contributed by atoms with Gasteiger partial charge in [0.25, 0.3) is 5.91 Å². The number of benzene rings is 2. The first-order chi connectivity index (χ1) is 11.9. The van der Waals surface area contributed by atoms with E-state index in [1.54, 1.807) is 4.90 Å². The molecular formula is C20H18F3NO. The van der Waals surface area contributed by atoms with Gasteiger partial charge >= 0.3 is 6.18 Å². The van der Waals surface area contributed by atoms with Crippen molar-refractivity contribution in [2.45, 2.75) is 38.3 Å². The fraction of sp³-hybridized carbons (Fsp3) is 0.350. The molecule has 2 aromatic rings. The van der Waals surface area contributed by atoms with Crippen LogP contribution in [0.15, 0.2) is 36.4 Å². The molecule has 25 heavy (non-hydrogen) atoms. The van der Waals surface area contributed by atoms with E-state index >= 15 is 0 Å². The fourth-order valence-electron chi connectivity index (χ4n) is 3.85. The third-order valence-electron chi connectivity index (χ3n) is 5.12. The maximum Gasteiger partial charge on any atom is 0.416 e. The number of aryl methyl sites for hydroxylation is 3. The lowest BCUT2D eigenvalue weighted by Crippen LogP contribution is -2.35. The predicted molar refractivity (Wildman–Crippen MR) is 89.9 cm³/mol. The number of rotatable bonds is 1. The molecule has 0 N–H and O–H groups in total. The van der Waals surface area contributed by atoms with Crippen molar-refractivity contribution < 1.29 is 18.0 Å². The van der Waals surface area contributed by atoms with Crippen LogP contribution in [-0.4, -0.2) is 12.5 Å². The van der Waals surface area contributed by atoms with Gasteiger partial charge in [-0.2, -0.15) is 13.2 Å². The van der Waals surface area contributed by atoms with Crippen LogP contribution in [0.2, 0.25) is 0 Å². The van der Waals surface area contributed by atoms with Crippen LogP contribution < -0.4 is 4.90 Å². The van der Waals surface area contributed by atoms with E-state index < -0.39 is 11.7 Å². The second-order valence-corrected chi connectivity index (χ2v) is 6.74. The van der Waals surface area contributed by atoms with Crippen molar-refractivity contribution in [3.05, 3.63) is 64.2 Å². The van der Waals surface area contributed by atoms with E-state index in [-0.39, 0.29) is 5.91 Å². The Balaban J connectivity index is 1.67. The molecule has 1 aliphatic heterocycles. The van der Waals surface area contributed by atoms with Gasteiger partial charge in [0.1, 0.15) is 0 Å². The van der Waals surface area contributed by atoms with Crippen LogP contribution in [0.25, 0.3) is 0 Å². The van der Waals surface area contributed by atoms with Gasteiger partial charge < -0.3 is 4.90 Å². The van der Waals surface area contributed by atoms with Crippen LogP contribution in [0.3, 0.4) is 0 Å². The normalized spacial score (nSPS) is 16.5. The number of hydrogen-bond donors (Lipinski definition) is 0. The number of carbonyl (C=O) groups excluding carboxylic acids is 1. The number of carbonyl (C=O) groups is 1. The Kier molecular flexibility index (Phi) is 3.82. The topological polar surface area (TPSA) is 20.3 Å². The van der Waals surface area contributed by atoms with Crippen molar-refractivity contribution >= 4 is 11.6 Å².